The Morgan fingerprint density at radius 2 is 1.80 bits per heavy atom. The van der Waals surface area contributed by atoms with Crippen LogP contribution in [0.5, 0.6) is 11.5 Å². The lowest BCUT2D eigenvalue weighted by atomic mass is 10.2. The first-order valence-electron chi connectivity index (χ1n) is 5.27. The second-order valence-electron chi connectivity index (χ2n) is 3.53. The molecule has 2 N–H and O–H groups in total. The van der Waals surface area contributed by atoms with Gasteiger partial charge < -0.3 is 15.2 Å². The van der Waals surface area contributed by atoms with Crippen LogP contribution < -0.4 is 15.2 Å². The fourth-order valence-corrected chi connectivity index (χ4v) is 1.35. The zero-order valence-electron chi connectivity index (χ0n) is 9.40. The largest absolute Gasteiger partial charge is 0.497 e. The predicted molar refractivity (Wildman–Crippen MR) is 61.4 cm³/mol. The van der Waals surface area contributed by atoms with Gasteiger partial charge in [0.25, 0.3) is 0 Å². The van der Waals surface area contributed by atoms with Crippen molar-refractivity contribution in [2.75, 3.05) is 13.7 Å². The Bertz CT molecular complexity index is 271. The van der Waals surface area contributed by atoms with Gasteiger partial charge in [0.2, 0.25) is 0 Å². The first-order valence-corrected chi connectivity index (χ1v) is 5.27. The second kappa shape index (κ2) is 6.30. The number of rotatable bonds is 6. The van der Waals surface area contributed by atoms with Gasteiger partial charge in [-0.25, -0.2) is 0 Å². The van der Waals surface area contributed by atoms with Crippen molar-refractivity contribution in [3.8, 4) is 11.5 Å². The Morgan fingerprint density at radius 3 is 2.33 bits per heavy atom. The lowest BCUT2D eigenvalue weighted by molar-refractivity contribution is 0.208. The van der Waals surface area contributed by atoms with Crippen LogP contribution in [0.3, 0.4) is 0 Å². The highest BCUT2D eigenvalue weighted by molar-refractivity contribution is 5.31. The highest BCUT2D eigenvalue weighted by atomic mass is 16.5. The Hall–Kier alpha value is -1.22. The summed E-state index contributed by atoms with van der Waals surface area (Å²) in [6.45, 7) is 2.77. The molecule has 0 heterocycles. The van der Waals surface area contributed by atoms with E-state index in [0.717, 1.165) is 30.9 Å². The first kappa shape index (κ1) is 11.9. The van der Waals surface area contributed by atoms with Gasteiger partial charge in [0, 0.05) is 0 Å². The lowest BCUT2D eigenvalue weighted by Gasteiger charge is -2.14. The van der Waals surface area contributed by atoms with Crippen molar-refractivity contribution in [3.05, 3.63) is 24.3 Å². The third-order valence-electron chi connectivity index (χ3n) is 2.21. The number of hydrogen-bond donors (Lipinski definition) is 1. The van der Waals surface area contributed by atoms with E-state index in [-0.39, 0.29) is 6.10 Å². The van der Waals surface area contributed by atoms with Crippen molar-refractivity contribution in [2.45, 2.75) is 25.9 Å². The van der Waals surface area contributed by atoms with Crippen molar-refractivity contribution < 1.29 is 9.47 Å². The molecule has 0 aromatic heterocycles. The van der Waals surface area contributed by atoms with Crippen LogP contribution in [-0.4, -0.2) is 19.8 Å². The summed E-state index contributed by atoms with van der Waals surface area (Å²) in [5.74, 6) is 1.72. The molecule has 0 saturated heterocycles. The predicted octanol–water partition coefficient (Wildman–Crippen LogP) is 2.20. The molecular weight excluding hydrogens is 190 g/mol. The molecule has 1 atom stereocenters. The van der Waals surface area contributed by atoms with Crippen molar-refractivity contribution in [1.82, 2.24) is 0 Å². The van der Waals surface area contributed by atoms with E-state index in [2.05, 4.69) is 6.92 Å². The Labute approximate surface area is 91.2 Å². The van der Waals surface area contributed by atoms with Crippen LogP contribution >= 0.6 is 0 Å². The maximum absolute atomic E-state index is 5.70. The van der Waals surface area contributed by atoms with E-state index in [0.29, 0.717) is 0 Å². The van der Waals surface area contributed by atoms with Gasteiger partial charge in [-0.15, -0.1) is 0 Å². The van der Waals surface area contributed by atoms with E-state index in [4.69, 9.17) is 15.2 Å². The zero-order chi connectivity index (χ0) is 11.1. The average Bonchev–Trinajstić information content (AvgIpc) is 2.27. The molecule has 1 aromatic carbocycles. The van der Waals surface area contributed by atoms with E-state index in [1.165, 1.54) is 0 Å². The molecule has 3 nitrogen and oxygen atoms in total. The molecule has 1 unspecified atom stereocenters. The summed E-state index contributed by atoms with van der Waals surface area (Å²) in [4.78, 5) is 0. The van der Waals surface area contributed by atoms with Gasteiger partial charge in [-0.1, -0.05) is 0 Å². The van der Waals surface area contributed by atoms with Gasteiger partial charge in [0.05, 0.1) is 13.2 Å². The summed E-state index contributed by atoms with van der Waals surface area (Å²) in [5.41, 5.74) is 5.44. The topological polar surface area (TPSA) is 44.5 Å². The maximum atomic E-state index is 5.70. The average molecular weight is 209 g/mol. The molecule has 84 valence electrons. The van der Waals surface area contributed by atoms with Crippen molar-refractivity contribution >= 4 is 0 Å². The minimum atomic E-state index is 0.210. The molecule has 0 fully saturated rings. The zero-order valence-corrected chi connectivity index (χ0v) is 9.40. The molecule has 0 radical (unpaired) electrons. The SMILES string of the molecule is COc1ccc(OC(C)CCCN)cc1. The third kappa shape index (κ3) is 4.21. The van der Waals surface area contributed by atoms with E-state index < -0.39 is 0 Å². The van der Waals surface area contributed by atoms with E-state index in [1.807, 2.05) is 24.3 Å². The van der Waals surface area contributed by atoms with Crippen LogP contribution in [0.2, 0.25) is 0 Å². The fraction of sp³-hybridized carbons (Fsp3) is 0.500. The summed E-state index contributed by atoms with van der Waals surface area (Å²) >= 11 is 0. The Morgan fingerprint density at radius 1 is 1.20 bits per heavy atom. The fourth-order valence-electron chi connectivity index (χ4n) is 1.35. The van der Waals surface area contributed by atoms with E-state index >= 15 is 0 Å². The van der Waals surface area contributed by atoms with E-state index in [1.54, 1.807) is 7.11 Å². The molecule has 0 amide bonds. The number of benzene rings is 1. The number of ether oxygens (including phenoxy) is 2. The molecule has 0 aliphatic heterocycles. The van der Waals surface area contributed by atoms with Crippen LogP contribution in [0.4, 0.5) is 0 Å². The van der Waals surface area contributed by atoms with Crippen molar-refractivity contribution in [3.63, 3.8) is 0 Å². The van der Waals surface area contributed by atoms with Crippen LogP contribution in [0, 0.1) is 0 Å². The van der Waals surface area contributed by atoms with Crippen molar-refractivity contribution in [1.29, 1.82) is 0 Å². The van der Waals surface area contributed by atoms with Crippen molar-refractivity contribution in [2.24, 2.45) is 5.73 Å². The van der Waals surface area contributed by atoms with Gasteiger partial charge in [-0.05, 0) is 50.6 Å². The summed E-state index contributed by atoms with van der Waals surface area (Å²) in [5, 5.41) is 0. The van der Waals surface area contributed by atoms with Crippen LogP contribution in [0.1, 0.15) is 19.8 Å². The summed E-state index contributed by atoms with van der Waals surface area (Å²) in [6.07, 6.45) is 2.20. The minimum absolute atomic E-state index is 0.210. The summed E-state index contributed by atoms with van der Waals surface area (Å²) in [6, 6.07) is 7.62. The minimum Gasteiger partial charge on any atom is -0.497 e. The first-order chi connectivity index (χ1) is 7.26. The number of methoxy groups -OCH3 is 1. The molecule has 1 rings (SSSR count). The number of hydrogen-bond acceptors (Lipinski definition) is 3. The molecule has 0 saturated carbocycles. The van der Waals surface area contributed by atoms with Crippen LogP contribution in [0.25, 0.3) is 0 Å². The maximum Gasteiger partial charge on any atom is 0.119 e. The lowest BCUT2D eigenvalue weighted by Crippen LogP contribution is -2.13. The van der Waals surface area contributed by atoms with Gasteiger partial charge in [-0.2, -0.15) is 0 Å². The molecule has 1 aromatic rings. The molecule has 0 aliphatic carbocycles. The van der Waals surface area contributed by atoms with Gasteiger partial charge in [-0.3, -0.25) is 0 Å². The number of nitrogens with two attached hydrogens (primary N) is 1. The highest BCUT2D eigenvalue weighted by Crippen LogP contribution is 2.18. The quantitative estimate of drug-likeness (QED) is 0.781. The molecule has 0 bridgehead atoms. The molecule has 3 heteroatoms. The molecule has 0 aliphatic rings. The van der Waals surface area contributed by atoms with Gasteiger partial charge in [0.15, 0.2) is 0 Å². The van der Waals surface area contributed by atoms with Crippen LogP contribution in [0.15, 0.2) is 24.3 Å². The Kier molecular flexibility index (Phi) is 4.98. The highest BCUT2D eigenvalue weighted by Gasteiger charge is 2.03. The standard InChI is InChI=1S/C12H19NO2/c1-10(4-3-9-13)15-12-7-5-11(14-2)6-8-12/h5-8,10H,3-4,9,13H2,1-2H3. The normalized spacial score (nSPS) is 12.2. The summed E-state index contributed by atoms with van der Waals surface area (Å²) in [7, 11) is 1.65. The third-order valence-corrected chi connectivity index (χ3v) is 2.21. The Balaban J connectivity index is 2.42. The molecule has 0 spiro atoms. The summed E-state index contributed by atoms with van der Waals surface area (Å²) < 4.78 is 10.8. The van der Waals surface area contributed by atoms with E-state index in [9.17, 15) is 0 Å². The second-order valence-corrected chi connectivity index (χ2v) is 3.53. The smallest absolute Gasteiger partial charge is 0.119 e. The molecule has 15 heavy (non-hydrogen) atoms. The van der Waals surface area contributed by atoms with Gasteiger partial charge >= 0.3 is 0 Å². The van der Waals surface area contributed by atoms with Gasteiger partial charge in [0.1, 0.15) is 11.5 Å². The van der Waals surface area contributed by atoms with Crippen LogP contribution in [-0.2, 0) is 0 Å². The monoisotopic (exact) mass is 209 g/mol. The molecular formula is C12H19NO2.